The van der Waals surface area contributed by atoms with Crippen molar-refractivity contribution >= 4 is 27.3 Å². The standard InChI is InChI=1S/C17H16N4OS/c1-17(2,3)21-10-11(9-19-21)15(22)12(8-18)16-20-13-6-4-5-7-14(13)23-16/h4-7,9-10,12H,1-3H3/t12-/m0/s1. The normalized spacial score (nSPS) is 13.0. The Labute approximate surface area is 138 Å². The number of benzene rings is 1. The average molecular weight is 324 g/mol. The van der Waals surface area contributed by atoms with E-state index in [4.69, 9.17) is 0 Å². The van der Waals surface area contributed by atoms with E-state index in [0.717, 1.165) is 10.2 Å². The highest BCUT2D eigenvalue weighted by atomic mass is 32.1. The molecule has 23 heavy (non-hydrogen) atoms. The van der Waals surface area contributed by atoms with Crippen LogP contribution in [0.3, 0.4) is 0 Å². The lowest BCUT2D eigenvalue weighted by atomic mass is 10.0. The first-order valence-electron chi connectivity index (χ1n) is 7.24. The molecule has 0 unspecified atom stereocenters. The maximum atomic E-state index is 12.7. The number of rotatable bonds is 3. The third kappa shape index (κ3) is 2.88. The Kier molecular flexibility index (Phi) is 3.74. The summed E-state index contributed by atoms with van der Waals surface area (Å²) in [5, 5.41) is 14.2. The van der Waals surface area contributed by atoms with Crippen molar-refractivity contribution in [1.82, 2.24) is 14.8 Å². The van der Waals surface area contributed by atoms with Crippen molar-refractivity contribution in [2.24, 2.45) is 0 Å². The minimum atomic E-state index is -0.898. The molecule has 0 N–H and O–H groups in total. The molecule has 2 aromatic heterocycles. The number of aromatic nitrogens is 3. The largest absolute Gasteiger partial charge is 0.292 e. The summed E-state index contributed by atoms with van der Waals surface area (Å²) in [5.41, 5.74) is 1.04. The fourth-order valence-corrected chi connectivity index (χ4v) is 3.23. The van der Waals surface area contributed by atoms with E-state index in [1.165, 1.54) is 17.5 Å². The topological polar surface area (TPSA) is 71.6 Å². The van der Waals surface area contributed by atoms with Gasteiger partial charge in [0, 0.05) is 6.20 Å². The number of nitriles is 1. The molecule has 1 aromatic carbocycles. The number of Topliss-reactive ketones (excluding diaryl/α,β-unsaturated/α-hetero) is 1. The lowest BCUT2D eigenvalue weighted by Crippen LogP contribution is -2.22. The van der Waals surface area contributed by atoms with Crippen LogP contribution in [0.15, 0.2) is 36.7 Å². The number of carbonyl (C=O) groups is 1. The Morgan fingerprint density at radius 2 is 2.09 bits per heavy atom. The van der Waals surface area contributed by atoms with Crippen LogP contribution >= 0.6 is 11.3 Å². The molecule has 6 heteroatoms. The molecule has 3 aromatic rings. The Morgan fingerprint density at radius 1 is 1.35 bits per heavy atom. The van der Waals surface area contributed by atoms with E-state index in [9.17, 15) is 10.1 Å². The van der Waals surface area contributed by atoms with E-state index < -0.39 is 5.92 Å². The number of hydrogen-bond acceptors (Lipinski definition) is 5. The number of thiazole rings is 1. The molecule has 0 fully saturated rings. The Balaban J connectivity index is 1.96. The highest BCUT2D eigenvalue weighted by molar-refractivity contribution is 7.18. The van der Waals surface area contributed by atoms with E-state index in [1.54, 1.807) is 10.9 Å². The molecule has 3 rings (SSSR count). The SMILES string of the molecule is CC(C)(C)n1cc(C(=O)[C@H](C#N)c2nc3ccccc3s2)cn1. The zero-order chi connectivity index (χ0) is 16.6. The van der Waals surface area contributed by atoms with E-state index in [0.29, 0.717) is 10.6 Å². The summed E-state index contributed by atoms with van der Waals surface area (Å²) in [7, 11) is 0. The molecular formula is C17H16N4OS. The maximum absolute atomic E-state index is 12.7. The van der Waals surface area contributed by atoms with Gasteiger partial charge in [0.05, 0.1) is 33.6 Å². The van der Waals surface area contributed by atoms with Crippen LogP contribution in [-0.4, -0.2) is 20.5 Å². The molecule has 0 aliphatic carbocycles. The number of para-hydroxylation sites is 1. The lowest BCUT2D eigenvalue weighted by Gasteiger charge is -2.18. The molecular weight excluding hydrogens is 308 g/mol. The van der Waals surface area contributed by atoms with Crippen molar-refractivity contribution in [3.05, 3.63) is 47.2 Å². The zero-order valence-corrected chi connectivity index (χ0v) is 14.0. The van der Waals surface area contributed by atoms with Gasteiger partial charge < -0.3 is 0 Å². The Hall–Kier alpha value is -2.52. The van der Waals surface area contributed by atoms with Crippen LogP contribution < -0.4 is 0 Å². The number of carbonyl (C=O) groups excluding carboxylic acids is 1. The van der Waals surface area contributed by atoms with Gasteiger partial charge in [-0.2, -0.15) is 10.4 Å². The molecule has 0 amide bonds. The molecule has 2 heterocycles. The molecule has 0 aliphatic heterocycles. The fraction of sp³-hybridized carbons (Fsp3) is 0.294. The van der Waals surface area contributed by atoms with Gasteiger partial charge in [-0.05, 0) is 32.9 Å². The summed E-state index contributed by atoms with van der Waals surface area (Å²) in [6, 6.07) is 9.71. The van der Waals surface area contributed by atoms with Crippen LogP contribution in [0.1, 0.15) is 42.1 Å². The molecule has 0 saturated carbocycles. The number of nitrogens with zero attached hydrogens (tertiary/aromatic N) is 4. The highest BCUT2D eigenvalue weighted by Gasteiger charge is 2.27. The van der Waals surface area contributed by atoms with Gasteiger partial charge in [-0.25, -0.2) is 4.98 Å². The summed E-state index contributed by atoms with van der Waals surface area (Å²) in [4.78, 5) is 17.1. The third-order valence-corrected chi connectivity index (χ3v) is 4.60. The van der Waals surface area contributed by atoms with Gasteiger partial charge in [-0.15, -0.1) is 11.3 Å². The first kappa shape index (κ1) is 15.4. The molecule has 0 spiro atoms. The predicted molar refractivity (Wildman–Crippen MR) is 89.5 cm³/mol. The monoisotopic (exact) mass is 324 g/mol. The summed E-state index contributed by atoms with van der Waals surface area (Å²) >= 11 is 1.38. The number of fused-ring (bicyclic) bond motifs is 1. The first-order chi connectivity index (χ1) is 10.9. The molecule has 116 valence electrons. The quantitative estimate of drug-likeness (QED) is 0.688. The Bertz CT molecular complexity index is 877. The molecule has 0 aliphatic rings. The molecule has 1 atom stereocenters. The van der Waals surface area contributed by atoms with Gasteiger partial charge in [-0.1, -0.05) is 12.1 Å². The zero-order valence-electron chi connectivity index (χ0n) is 13.1. The van der Waals surface area contributed by atoms with Crippen LogP contribution in [0.2, 0.25) is 0 Å². The summed E-state index contributed by atoms with van der Waals surface area (Å²) in [5.74, 6) is -1.16. The van der Waals surface area contributed by atoms with Gasteiger partial charge in [0.15, 0.2) is 11.7 Å². The second-order valence-corrected chi connectivity index (χ2v) is 7.35. The minimum absolute atomic E-state index is 0.212. The van der Waals surface area contributed by atoms with Gasteiger partial charge >= 0.3 is 0 Å². The van der Waals surface area contributed by atoms with Crippen LogP contribution in [-0.2, 0) is 5.54 Å². The second-order valence-electron chi connectivity index (χ2n) is 6.29. The van der Waals surface area contributed by atoms with Crippen LogP contribution in [0.25, 0.3) is 10.2 Å². The number of ketones is 1. The van der Waals surface area contributed by atoms with E-state index >= 15 is 0 Å². The van der Waals surface area contributed by atoms with Gasteiger partial charge in [0.2, 0.25) is 0 Å². The van der Waals surface area contributed by atoms with Crippen LogP contribution in [0, 0.1) is 11.3 Å². The van der Waals surface area contributed by atoms with E-state index in [-0.39, 0.29) is 11.3 Å². The molecule has 0 radical (unpaired) electrons. The lowest BCUT2D eigenvalue weighted by molar-refractivity contribution is 0.0978. The van der Waals surface area contributed by atoms with Crippen molar-refractivity contribution in [3.63, 3.8) is 0 Å². The Morgan fingerprint density at radius 3 is 2.70 bits per heavy atom. The fourth-order valence-electron chi connectivity index (χ4n) is 2.22. The van der Waals surface area contributed by atoms with E-state index in [1.807, 2.05) is 45.0 Å². The minimum Gasteiger partial charge on any atom is -0.292 e. The maximum Gasteiger partial charge on any atom is 0.190 e. The van der Waals surface area contributed by atoms with Gasteiger partial charge in [0.1, 0.15) is 5.01 Å². The highest BCUT2D eigenvalue weighted by Crippen LogP contribution is 2.29. The third-order valence-electron chi connectivity index (χ3n) is 3.50. The van der Waals surface area contributed by atoms with Crippen molar-refractivity contribution in [1.29, 1.82) is 5.26 Å². The van der Waals surface area contributed by atoms with Gasteiger partial charge in [-0.3, -0.25) is 9.48 Å². The average Bonchev–Trinajstić information content (AvgIpc) is 3.14. The van der Waals surface area contributed by atoms with Crippen LogP contribution in [0.5, 0.6) is 0 Å². The predicted octanol–water partition coefficient (Wildman–Crippen LogP) is 3.74. The number of hydrogen-bond donors (Lipinski definition) is 0. The summed E-state index contributed by atoms with van der Waals surface area (Å²) < 4.78 is 2.70. The summed E-state index contributed by atoms with van der Waals surface area (Å²) in [6.07, 6.45) is 3.21. The molecule has 5 nitrogen and oxygen atoms in total. The second kappa shape index (κ2) is 5.60. The van der Waals surface area contributed by atoms with Gasteiger partial charge in [0.25, 0.3) is 0 Å². The van der Waals surface area contributed by atoms with Crippen LogP contribution in [0.4, 0.5) is 0 Å². The van der Waals surface area contributed by atoms with Crippen molar-refractivity contribution < 1.29 is 4.79 Å². The first-order valence-corrected chi connectivity index (χ1v) is 8.06. The molecule has 0 bridgehead atoms. The summed E-state index contributed by atoms with van der Waals surface area (Å²) in [6.45, 7) is 6.01. The smallest absolute Gasteiger partial charge is 0.190 e. The van der Waals surface area contributed by atoms with Crippen molar-refractivity contribution in [2.75, 3.05) is 0 Å². The molecule has 0 saturated heterocycles. The van der Waals surface area contributed by atoms with E-state index in [2.05, 4.69) is 16.2 Å². The van der Waals surface area contributed by atoms with Crippen molar-refractivity contribution in [2.45, 2.75) is 32.2 Å². The van der Waals surface area contributed by atoms with Crippen molar-refractivity contribution in [3.8, 4) is 6.07 Å².